The van der Waals surface area contributed by atoms with E-state index < -0.39 is 0 Å². The van der Waals surface area contributed by atoms with E-state index >= 15 is 0 Å². The van der Waals surface area contributed by atoms with Crippen LogP contribution in [-0.2, 0) is 24.8 Å². The van der Waals surface area contributed by atoms with E-state index in [1.165, 1.54) is 0 Å². The van der Waals surface area contributed by atoms with Crippen molar-refractivity contribution in [3.8, 4) is 6.07 Å². The molecule has 0 N–H and O–H groups in total. The summed E-state index contributed by atoms with van der Waals surface area (Å²) < 4.78 is 2.86. The summed E-state index contributed by atoms with van der Waals surface area (Å²) in [6.45, 7) is 3.14. The topological polar surface area (TPSA) is 49.0 Å². The van der Waals surface area contributed by atoms with Crippen LogP contribution in [0.4, 0.5) is 0 Å². The number of hydrogen-bond acceptors (Lipinski definition) is 2. The van der Waals surface area contributed by atoms with Gasteiger partial charge in [-0.05, 0) is 24.6 Å². The van der Waals surface area contributed by atoms with Gasteiger partial charge in [-0.1, -0.05) is 52.3 Å². The van der Waals surface area contributed by atoms with Gasteiger partial charge in [-0.25, -0.2) is 0 Å². The highest BCUT2D eigenvalue weighted by Crippen LogP contribution is 2.26. The van der Waals surface area contributed by atoms with E-state index in [-0.39, 0.29) is 12.3 Å². The van der Waals surface area contributed by atoms with Crippen LogP contribution >= 0.6 is 15.9 Å². The maximum atomic E-state index is 13.0. The van der Waals surface area contributed by atoms with Crippen molar-refractivity contribution in [2.24, 2.45) is 7.05 Å². The molecule has 0 bridgehead atoms. The van der Waals surface area contributed by atoms with Crippen molar-refractivity contribution >= 4 is 32.7 Å². The van der Waals surface area contributed by atoms with E-state index in [0.29, 0.717) is 18.8 Å². The van der Waals surface area contributed by atoms with Crippen LogP contribution in [-0.4, -0.2) is 21.9 Å². The van der Waals surface area contributed by atoms with Gasteiger partial charge in [0.05, 0.1) is 6.42 Å². The summed E-state index contributed by atoms with van der Waals surface area (Å²) in [4.78, 5) is 14.8. The minimum Gasteiger partial charge on any atom is -0.338 e. The zero-order chi connectivity index (χ0) is 18.7. The van der Waals surface area contributed by atoms with Crippen molar-refractivity contribution in [2.45, 2.75) is 19.9 Å². The molecule has 3 aromatic rings. The van der Waals surface area contributed by atoms with E-state index in [9.17, 15) is 10.1 Å². The molecular weight excluding hydrogens is 390 g/mol. The summed E-state index contributed by atoms with van der Waals surface area (Å²) in [5, 5.41) is 10.5. The molecule has 2 aromatic carbocycles. The molecule has 0 aliphatic carbocycles. The van der Waals surface area contributed by atoms with Gasteiger partial charge in [0.15, 0.2) is 0 Å². The summed E-state index contributed by atoms with van der Waals surface area (Å²) in [5.41, 5.74) is 3.40. The molecule has 5 heteroatoms. The minimum atomic E-state index is 0.0242. The van der Waals surface area contributed by atoms with Gasteiger partial charge >= 0.3 is 0 Å². The second-order valence-corrected chi connectivity index (χ2v) is 7.05. The van der Waals surface area contributed by atoms with E-state index in [1.807, 2.05) is 72.0 Å². The largest absolute Gasteiger partial charge is 0.338 e. The van der Waals surface area contributed by atoms with Crippen molar-refractivity contribution in [3.05, 3.63) is 69.8 Å². The molecule has 1 aromatic heterocycles. The molecule has 0 unspecified atom stereocenters. The number of fused-ring (bicyclic) bond motifs is 1. The molecule has 0 fully saturated rings. The smallest absolute Gasteiger partial charge is 0.227 e. The Labute approximate surface area is 161 Å². The van der Waals surface area contributed by atoms with Crippen molar-refractivity contribution in [1.82, 2.24) is 9.47 Å². The van der Waals surface area contributed by atoms with E-state index in [4.69, 9.17) is 0 Å². The van der Waals surface area contributed by atoms with Crippen molar-refractivity contribution in [1.29, 1.82) is 5.26 Å². The van der Waals surface area contributed by atoms with Crippen molar-refractivity contribution in [2.75, 3.05) is 6.54 Å². The molecule has 0 saturated carbocycles. The maximum absolute atomic E-state index is 13.0. The Balaban J connectivity index is 1.91. The predicted molar refractivity (Wildman–Crippen MR) is 107 cm³/mol. The van der Waals surface area contributed by atoms with E-state index in [2.05, 4.69) is 22.0 Å². The molecule has 0 aliphatic heterocycles. The summed E-state index contributed by atoms with van der Waals surface area (Å²) in [7, 11) is 1.87. The fourth-order valence-electron chi connectivity index (χ4n) is 3.26. The van der Waals surface area contributed by atoms with E-state index in [0.717, 1.165) is 26.5 Å². The molecule has 0 atom stereocenters. The number of amides is 1. The Morgan fingerprint density at radius 2 is 1.88 bits per heavy atom. The lowest BCUT2D eigenvalue weighted by Crippen LogP contribution is -2.31. The zero-order valence-electron chi connectivity index (χ0n) is 14.9. The molecule has 26 heavy (non-hydrogen) atoms. The third-order valence-corrected chi connectivity index (χ3v) is 5.47. The zero-order valence-corrected chi connectivity index (χ0v) is 16.5. The van der Waals surface area contributed by atoms with Crippen LogP contribution in [0.1, 0.15) is 23.7 Å². The number of benzene rings is 2. The van der Waals surface area contributed by atoms with Crippen LogP contribution in [0.25, 0.3) is 10.9 Å². The fourth-order valence-corrected chi connectivity index (χ4v) is 3.67. The van der Waals surface area contributed by atoms with Crippen LogP contribution < -0.4 is 0 Å². The molecule has 1 amide bonds. The predicted octanol–water partition coefficient (Wildman–Crippen LogP) is 4.40. The summed E-state index contributed by atoms with van der Waals surface area (Å²) in [6, 6.07) is 18.0. The third-order valence-electron chi connectivity index (χ3n) is 4.70. The molecular formula is C21H20BrN3O. The summed E-state index contributed by atoms with van der Waals surface area (Å²) in [5.74, 6) is 0.0242. The second kappa shape index (κ2) is 7.76. The lowest BCUT2D eigenvalue weighted by molar-refractivity contribution is -0.130. The quantitative estimate of drug-likeness (QED) is 0.626. The van der Waals surface area contributed by atoms with Gasteiger partial charge in [-0.15, -0.1) is 0 Å². The Morgan fingerprint density at radius 1 is 1.19 bits per heavy atom. The van der Waals surface area contributed by atoms with Gasteiger partial charge < -0.3 is 9.47 Å². The van der Waals surface area contributed by atoms with E-state index in [1.54, 1.807) is 0 Å². The number of aryl methyl sites for hydroxylation is 1. The molecule has 0 aliphatic rings. The molecule has 0 spiro atoms. The highest BCUT2D eigenvalue weighted by molar-refractivity contribution is 9.10. The molecule has 0 saturated heterocycles. The summed E-state index contributed by atoms with van der Waals surface area (Å²) >= 11 is 3.54. The number of nitriles is 1. The number of carbonyl (C=O) groups excluding carboxylic acids is 1. The fraction of sp³-hybridized carbons (Fsp3) is 0.238. The highest BCUT2D eigenvalue weighted by atomic mass is 79.9. The van der Waals surface area contributed by atoms with Crippen molar-refractivity contribution < 1.29 is 4.79 Å². The lowest BCUT2D eigenvalue weighted by Gasteiger charge is -2.21. The minimum absolute atomic E-state index is 0.0242. The number of halogens is 1. The first-order chi connectivity index (χ1) is 12.6. The Hall–Kier alpha value is -2.58. The van der Waals surface area contributed by atoms with Gasteiger partial charge in [0.2, 0.25) is 5.91 Å². The third kappa shape index (κ3) is 3.38. The summed E-state index contributed by atoms with van der Waals surface area (Å²) in [6.07, 6.45) is 0.225. The first-order valence-corrected chi connectivity index (χ1v) is 9.33. The van der Waals surface area contributed by atoms with Crippen LogP contribution in [0.5, 0.6) is 0 Å². The number of carbonyl (C=O) groups is 1. The normalized spacial score (nSPS) is 10.7. The maximum Gasteiger partial charge on any atom is 0.227 e. The molecule has 4 nitrogen and oxygen atoms in total. The molecule has 132 valence electrons. The van der Waals surface area contributed by atoms with Crippen LogP contribution in [0.15, 0.2) is 53.0 Å². The number of aromatic nitrogens is 1. The van der Waals surface area contributed by atoms with Crippen LogP contribution in [0.3, 0.4) is 0 Å². The van der Waals surface area contributed by atoms with Crippen LogP contribution in [0, 0.1) is 11.3 Å². The molecule has 0 radical (unpaired) electrons. The van der Waals surface area contributed by atoms with Gasteiger partial charge in [-0.2, -0.15) is 5.26 Å². The number of para-hydroxylation sites is 1. The second-order valence-electron chi connectivity index (χ2n) is 6.19. The first-order valence-electron chi connectivity index (χ1n) is 8.54. The van der Waals surface area contributed by atoms with Gasteiger partial charge in [0.1, 0.15) is 11.8 Å². The number of hydrogen-bond donors (Lipinski definition) is 0. The average Bonchev–Trinajstić information content (AvgIpc) is 2.92. The Kier molecular flexibility index (Phi) is 5.43. The number of likely N-dealkylation sites (N-methyl/N-ethyl adjacent to an activating group) is 1. The number of rotatable bonds is 5. The van der Waals surface area contributed by atoms with Crippen LogP contribution in [0.2, 0.25) is 0 Å². The van der Waals surface area contributed by atoms with Gasteiger partial charge in [-0.3, -0.25) is 4.79 Å². The Morgan fingerprint density at radius 3 is 2.58 bits per heavy atom. The highest BCUT2D eigenvalue weighted by Gasteiger charge is 2.20. The number of nitrogens with zero attached hydrogens (tertiary/aromatic N) is 3. The Bertz CT molecular complexity index is 1000. The SMILES string of the molecule is CCN(Cc1ccccc1Br)C(=O)Cc1c(C#N)n(C)c2ccccc12. The van der Waals surface area contributed by atoms with Gasteiger partial charge in [0.25, 0.3) is 0 Å². The van der Waals surface area contributed by atoms with Crippen molar-refractivity contribution in [3.63, 3.8) is 0 Å². The monoisotopic (exact) mass is 409 g/mol. The standard InChI is InChI=1S/C21H20BrN3O/c1-3-25(14-15-8-4-6-10-18(15)22)21(26)12-17-16-9-5-7-11-19(16)24(2)20(17)13-23/h4-11H,3,12,14H2,1-2H3. The molecule has 3 rings (SSSR count). The average molecular weight is 410 g/mol. The lowest BCUT2D eigenvalue weighted by atomic mass is 10.1. The molecule has 1 heterocycles. The van der Waals surface area contributed by atoms with Gasteiger partial charge in [0, 0.05) is 41.1 Å². The first kappa shape index (κ1) is 18.2.